The van der Waals surface area contributed by atoms with Crippen LogP contribution in [0.5, 0.6) is 0 Å². The Morgan fingerprint density at radius 2 is 2.29 bits per heavy atom. The quantitative estimate of drug-likeness (QED) is 0.773. The van der Waals surface area contributed by atoms with Crippen molar-refractivity contribution >= 4 is 11.3 Å². The molecule has 0 spiro atoms. The van der Waals surface area contributed by atoms with E-state index in [1.807, 2.05) is 11.7 Å². The van der Waals surface area contributed by atoms with Gasteiger partial charge in [-0.2, -0.15) is 0 Å². The number of likely N-dealkylation sites (tertiary alicyclic amines) is 1. The molecule has 1 saturated heterocycles. The summed E-state index contributed by atoms with van der Waals surface area (Å²) in [7, 11) is 0. The molecule has 0 saturated carbocycles. The van der Waals surface area contributed by atoms with Crippen LogP contribution in [-0.2, 0) is 13.0 Å². The van der Waals surface area contributed by atoms with Gasteiger partial charge in [-0.25, -0.2) is 15.0 Å². The van der Waals surface area contributed by atoms with Crippen molar-refractivity contribution in [2.45, 2.75) is 26.3 Å². The van der Waals surface area contributed by atoms with Crippen molar-refractivity contribution in [3.63, 3.8) is 0 Å². The van der Waals surface area contributed by atoms with Crippen LogP contribution in [0.2, 0.25) is 0 Å². The Morgan fingerprint density at radius 3 is 3.08 bits per heavy atom. The van der Waals surface area contributed by atoms with Gasteiger partial charge in [0.15, 0.2) is 5.82 Å². The maximum atomic E-state index is 4.71. The first-order valence-corrected chi connectivity index (χ1v) is 9.08. The molecule has 1 fully saturated rings. The van der Waals surface area contributed by atoms with E-state index in [4.69, 9.17) is 4.98 Å². The lowest BCUT2D eigenvalue weighted by Crippen LogP contribution is -2.20. The molecule has 7 heteroatoms. The molecule has 0 unspecified atom stereocenters. The summed E-state index contributed by atoms with van der Waals surface area (Å²) in [5.41, 5.74) is 4.96. The third-order valence-corrected chi connectivity index (χ3v) is 5.42. The fourth-order valence-corrected chi connectivity index (χ4v) is 4.04. The fraction of sp³-hybridized carbons (Fsp3) is 0.412. The van der Waals surface area contributed by atoms with E-state index < -0.39 is 0 Å². The predicted octanol–water partition coefficient (Wildman–Crippen LogP) is 2.70. The number of nitrogens with zero attached hydrogens (tertiary/aromatic N) is 5. The monoisotopic (exact) mass is 340 g/mol. The minimum Gasteiger partial charge on any atom is -0.343 e. The maximum Gasteiger partial charge on any atom is 0.157 e. The number of hydrogen-bond acceptors (Lipinski definition) is 6. The van der Waals surface area contributed by atoms with Crippen LogP contribution in [0, 0.1) is 12.8 Å². The van der Waals surface area contributed by atoms with Crippen LogP contribution < -0.4 is 0 Å². The van der Waals surface area contributed by atoms with Gasteiger partial charge in [-0.05, 0) is 32.2 Å². The number of rotatable bonds is 5. The fourth-order valence-electron chi connectivity index (χ4n) is 3.22. The molecule has 0 amide bonds. The summed E-state index contributed by atoms with van der Waals surface area (Å²) in [6, 6.07) is 0. The Labute approximate surface area is 145 Å². The molecule has 1 aliphatic heterocycles. The number of aromatic amines is 1. The van der Waals surface area contributed by atoms with Crippen molar-refractivity contribution in [1.82, 2.24) is 29.8 Å². The summed E-state index contributed by atoms with van der Waals surface area (Å²) in [5.74, 6) is 1.41. The summed E-state index contributed by atoms with van der Waals surface area (Å²) >= 11 is 1.76. The van der Waals surface area contributed by atoms with E-state index in [1.54, 1.807) is 29.9 Å². The molecule has 4 heterocycles. The van der Waals surface area contributed by atoms with Crippen molar-refractivity contribution in [3.05, 3.63) is 46.6 Å². The molecule has 0 aromatic carbocycles. The molecule has 0 bridgehead atoms. The van der Waals surface area contributed by atoms with Crippen LogP contribution in [0.25, 0.3) is 11.5 Å². The molecule has 0 radical (unpaired) electrons. The maximum absolute atomic E-state index is 4.71. The third-order valence-electron chi connectivity index (χ3n) is 4.51. The number of hydrogen-bond donors (Lipinski definition) is 1. The van der Waals surface area contributed by atoms with Gasteiger partial charge in [-0.15, -0.1) is 11.3 Å². The number of aromatic nitrogens is 5. The molecule has 6 nitrogen and oxygen atoms in total. The smallest absolute Gasteiger partial charge is 0.157 e. The van der Waals surface area contributed by atoms with Crippen molar-refractivity contribution < 1.29 is 0 Å². The van der Waals surface area contributed by atoms with Crippen LogP contribution in [0.4, 0.5) is 0 Å². The lowest BCUT2D eigenvalue weighted by Gasteiger charge is -2.15. The zero-order chi connectivity index (χ0) is 16.4. The second kappa shape index (κ2) is 6.78. The van der Waals surface area contributed by atoms with Crippen molar-refractivity contribution in [1.29, 1.82) is 0 Å². The Kier molecular flexibility index (Phi) is 4.36. The van der Waals surface area contributed by atoms with Crippen molar-refractivity contribution in [2.75, 3.05) is 13.1 Å². The molecular formula is C17H20N6S. The Hall–Kier alpha value is -2.12. The highest BCUT2D eigenvalue weighted by Crippen LogP contribution is 2.24. The lowest BCUT2D eigenvalue weighted by molar-refractivity contribution is 0.318. The molecule has 1 aliphatic rings. The largest absolute Gasteiger partial charge is 0.343 e. The van der Waals surface area contributed by atoms with E-state index in [9.17, 15) is 0 Å². The third kappa shape index (κ3) is 3.37. The first-order chi connectivity index (χ1) is 11.8. The molecule has 124 valence electrons. The van der Waals surface area contributed by atoms with E-state index >= 15 is 0 Å². The van der Waals surface area contributed by atoms with Gasteiger partial charge in [0.25, 0.3) is 0 Å². The second-order valence-electron chi connectivity index (χ2n) is 6.29. The highest BCUT2D eigenvalue weighted by molar-refractivity contribution is 7.09. The predicted molar refractivity (Wildman–Crippen MR) is 93.6 cm³/mol. The summed E-state index contributed by atoms with van der Waals surface area (Å²) in [6.45, 7) is 5.37. The molecule has 3 aromatic heterocycles. The van der Waals surface area contributed by atoms with Gasteiger partial charge in [0.1, 0.15) is 5.69 Å². The van der Waals surface area contributed by atoms with Gasteiger partial charge in [-0.1, -0.05) is 0 Å². The van der Waals surface area contributed by atoms with Crippen LogP contribution >= 0.6 is 11.3 Å². The van der Waals surface area contributed by atoms with Gasteiger partial charge < -0.3 is 4.98 Å². The molecular weight excluding hydrogens is 320 g/mol. The van der Waals surface area contributed by atoms with E-state index in [-0.39, 0.29) is 0 Å². The standard InChI is InChI=1S/C17H20N6S/c1-12-16(24-11-21-12)10-23-5-2-13(9-23)6-14-7-18-8-15(22-14)17-19-3-4-20-17/h3-4,7-8,11,13H,2,5-6,9-10H2,1H3,(H,19,20)/t13-/m1/s1. The normalized spacial score (nSPS) is 18.3. The SMILES string of the molecule is Cc1ncsc1CN1CC[C@H](Cc2cncc(-c3ncc[nH]3)n2)C1. The van der Waals surface area contributed by atoms with Gasteiger partial charge in [0.2, 0.25) is 0 Å². The lowest BCUT2D eigenvalue weighted by atomic mass is 10.0. The van der Waals surface area contributed by atoms with Gasteiger partial charge in [-0.3, -0.25) is 9.88 Å². The van der Waals surface area contributed by atoms with Crippen LogP contribution in [0.3, 0.4) is 0 Å². The minimum absolute atomic E-state index is 0.638. The van der Waals surface area contributed by atoms with Gasteiger partial charge in [0.05, 0.1) is 23.1 Å². The second-order valence-corrected chi connectivity index (χ2v) is 7.23. The molecule has 1 atom stereocenters. The van der Waals surface area contributed by atoms with Gasteiger partial charge in [0, 0.05) is 36.6 Å². The molecule has 3 aromatic rings. The zero-order valence-electron chi connectivity index (χ0n) is 13.6. The highest BCUT2D eigenvalue weighted by atomic mass is 32.1. The Bertz CT molecular complexity index is 797. The summed E-state index contributed by atoms with van der Waals surface area (Å²) in [5, 5.41) is 0. The minimum atomic E-state index is 0.638. The molecule has 1 N–H and O–H groups in total. The van der Waals surface area contributed by atoms with Gasteiger partial charge >= 0.3 is 0 Å². The van der Waals surface area contributed by atoms with Crippen molar-refractivity contribution in [2.24, 2.45) is 5.92 Å². The number of imidazole rings is 1. The van der Waals surface area contributed by atoms with Crippen LogP contribution in [0.1, 0.15) is 22.7 Å². The van der Waals surface area contributed by atoms with E-state index in [0.29, 0.717) is 5.92 Å². The number of thiazole rings is 1. The Balaban J connectivity index is 1.38. The zero-order valence-corrected chi connectivity index (χ0v) is 14.5. The first kappa shape index (κ1) is 15.4. The molecule has 0 aliphatic carbocycles. The average molecular weight is 340 g/mol. The highest BCUT2D eigenvalue weighted by Gasteiger charge is 2.24. The molecule has 4 rings (SSSR count). The number of H-pyrrole nitrogens is 1. The topological polar surface area (TPSA) is 70.6 Å². The summed E-state index contributed by atoms with van der Waals surface area (Å²) in [4.78, 5) is 24.6. The molecule has 24 heavy (non-hydrogen) atoms. The van der Waals surface area contributed by atoms with E-state index in [1.165, 1.54) is 17.0 Å². The summed E-state index contributed by atoms with van der Waals surface area (Å²) < 4.78 is 0. The van der Waals surface area contributed by atoms with Crippen LogP contribution in [0.15, 0.2) is 30.3 Å². The van der Waals surface area contributed by atoms with E-state index in [0.717, 1.165) is 43.3 Å². The average Bonchev–Trinajstić information content (AvgIpc) is 3.32. The number of nitrogens with one attached hydrogen (secondary N) is 1. The first-order valence-electron chi connectivity index (χ1n) is 8.20. The van der Waals surface area contributed by atoms with Crippen molar-refractivity contribution in [3.8, 4) is 11.5 Å². The Morgan fingerprint density at radius 1 is 1.33 bits per heavy atom. The number of aryl methyl sites for hydroxylation is 1. The van der Waals surface area contributed by atoms with Crippen LogP contribution in [-0.4, -0.2) is 42.9 Å². The van der Waals surface area contributed by atoms with E-state index in [2.05, 4.69) is 31.8 Å². The summed E-state index contributed by atoms with van der Waals surface area (Å²) in [6.07, 6.45) is 9.36.